The molecule has 19 heavy (non-hydrogen) atoms. The highest BCUT2D eigenvalue weighted by Crippen LogP contribution is 2.25. The molecule has 0 radical (unpaired) electrons. The summed E-state index contributed by atoms with van der Waals surface area (Å²) in [5.41, 5.74) is 0. The van der Waals surface area contributed by atoms with E-state index in [4.69, 9.17) is 0 Å². The lowest BCUT2D eigenvalue weighted by Crippen LogP contribution is -2.24. The third kappa shape index (κ3) is 3.91. The van der Waals surface area contributed by atoms with Gasteiger partial charge >= 0.3 is 0 Å². The van der Waals surface area contributed by atoms with Gasteiger partial charge in [-0.1, -0.05) is 25.8 Å². The molecule has 0 aliphatic heterocycles. The summed E-state index contributed by atoms with van der Waals surface area (Å²) in [4.78, 5) is 5.72. The Hall–Kier alpha value is -1.13. The summed E-state index contributed by atoms with van der Waals surface area (Å²) in [5.74, 6) is 1.08. The summed E-state index contributed by atoms with van der Waals surface area (Å²) in [5, 5.41) is 5.63. The molecule has 0 aromatic carbocycles. The van der Waals surface area contributed by atoms with Crippen LogP contribution in [-0.2, 0) is 0 Å². The van der Waals surface area contributed by atoms with Crippen LogP contribution in [0.3, 0.4) is 0 Å². The molecule has 1 N–H and O–H groups in total. The molecule has 4 heteroatoms. The Morgan fingerprint density at radius 2 is 2.32 bits per heavy atom. The van der Waals surface area contributed by atoms with Gasteiger partial charge in [-0.15, -0.1) is 11.3 Å². The first-order valence-electron chi connectivity index (χ1n) is 7.10. The molecule has 2 heterocycles. The van der Waals surface area contributed by atoms with Crippen molar-refractivity contribution in [2.24, 2.45) is 0 Å². The highest BCUT2D eigenvalue weighted by atomic mass is 32.1. The minimum atomic E-state index is 0.432. The van der Waals surface area contributed by atoms with Gasteiger partial charge in [-0.2, -0.15) is 0 Å². The molecule has 0 aliphatic rings. The average Bonchev–Trinajstić information content (AvgIpc) is 3.08. The Morgan fingerprint density at radius 1 is 1.42 bits per heavy atom. The van der Waals surface area contributed by atoms with E-state index in [1.807, 2.05) is 6.20 Å². The van der Waals surface area contributed by atoms with Gasteiger partial charge in [0.2, 0.25) is 0 Å². The summed E-state index contributed by atoms with van der Waals surface area (Å²) in [6.07, 6.45) is 7.83. The van der Waals surface area contributed by atoms with Gasteiger partial charge in [-0.05, 0) is 31.3 Å². The molecule has 3 nitrogen and oxygen atoms in total. The SMILES string of the molecule is CCCCCNCC(C)n1ccnc1-c1cccs1. The van der Waals surface area contributed by atoms with E-state index in [1.165, 1.54) is 24.1 Å². The molecule has 1 unspecified atom stereocenters. The van der Waals surface area contributed by atoms with Crippen molar-refractivity contribution in [2.75, 3.05) is 13.1 Å². The molecular formula is C15H23N3S. The van der Waals surface area contributed by atoms with Gasteiger partial charge in [0.05, 0.1) is 4.88 Å². The van der Waals surface area contributed by atoms with E-state index >= 15 is 0 Å². The number of nitrogens with one attached hydrogen (secondary N) is 1. The number of hydrogen-bond acceptors (Lipinski definition) is 3. The highest BCUT2D eigenvalue weighted by molar-refractivity contribution is 7.13. The normalized spacial score (nSPS) is 12.7. The topological polar surface area (TPSA) is 29.9 Å². The Labute approximate surface area is 119 Å². The van der Waals surface area contributed by atoms with Crippen LogP contribution < -0.4 is 5.32 Å². The number of aromatic nitrogens is 2. The first kappa shape index (κ1) is 14.3. The van der Waals surface area contributed by atoms with Crippen LogP contribution in [0.15, 0.2) is 29.9 Å². The lowest BCUT2D eigenvalue weighted by atomic mass is 10.2. The van der Waals surface area contributed by atoms with Crippen LogP contribution in [0.2, 0.25) is 0 Å². The maximum Gasteiger partial charge on any atom is 0.150 e. The van der Waals surface area contributed by atoms with Gasteiger partial charge in [-0.25, -0.2) is 4.98 Å². The fraction of sp³-hybridized carbons (Fsp3) is 0.533. The van der Waals surface area contributed by atoms with E-state index in [2.05, 4.69) is 52.4 Å². The highest BCUT2D eigenvalue weighted by Gasteiger charge is 2.11. The second-order valence-corrected chi connectivity index (χ2v) is 5.84. The monoisotopic (exact) mass is 277 g/mol. The zero-order valence-electron chi connectivity index (χ0n) is 11.8. The second-order valence-electron chi connectivity index (χ2n) is 4.90. The number of thiophene rings is 1. The summed E-state index contributed by atoms with van der Waals surface area (Å²) in [7, 11) is 0. The third-order valence-corrected chi connectivity index (χ3v) is 4.15. The Bertz CT molecular complexity index is 461. The molecular weight excluding hydrogens is 254 g/mol. The van der Waals surface area contributed by atoms with Crippen molar-refractivity contribution in [3.63, 3.8) is 0 Å². The molecule has 2 rings (SSSR count). The lowest BCUT2D eigenvalue weighted by molar-refractivity contribution is 0.489. The van der Waals surface area contributed by atoms with Gasteiger partial charge < -0.3 is 9.88 Å². The number of nitrogens with zero attached hydrogens (tertiary/aromatic N) is 2. The van der Waals surface area contributed by atoms with Gasteiger partial charge in [0.1, 0.15) is 5.82 Å². The summed E-state index contributed by atoms with van der Waals surface area (Å²) < 4.78 is 2.26. The molecule has 2 aromatic heterocycles. The summed E-state index contributed by atoms with van der Waals surface area (Å²) in [6, 6.07) is 4.64. The number of imidazole rings is 1. The second kappa shape index (κ2) is 7.46. The predicted molar refractivity (Wildman–Crippen MR) is 82.6 cm³/mol. The predicted octanol–water partition coefficient (Wildman–Crippen LogP) is 3.95. The van der Waals surface area contributed by atoms with E-state index in [0.29, 0.717) is 6.04 Å². The van der Waals surface area contributed by atoms with Gasteiger partial charge in [0.15, 0.2) is 0 Å². The number of rotatable bonds is 8. The van der Waals surface area contributed by atoms with E-state index in [-0.39, 0.29) is 0 Å². The zero-order chi connectivity index (χ0) is 13.5. The van der Waals surface area contributed by atoms with E-state index in [0.717, 1.165) is 18.9 Å². The standard InChI is InChI=1S/C15H23N3S/c1-3-4-5-8-16-12-13(2)18-10-9-17-15(18)14-7-6-11-19-14/h6-7,9-11,13,16H,3-5,8,12H2,1-2H3. The van der Waals surface area contributed by atoms with Crippen LogP contribution in [0.5, 0.6) is 0 Å². The van der Waals surface area contributed by atoms with Crippen molar-refractivity contribution in [2.45, 2.75) is 39.2 Å². The number of unbranched alkanes of at least 4 members (excludes halogenated alkanes) is 2. The van der Waals surface area contributed by atoms with Crippen molar-refractivity contribution in [3.8, 4) is 10.7 Å². The molecule has 0 aliphatic carbocycles. The van der Waals surface area contributed by atoms with Crippen molar-refractivity contribution < 1.29 is 0 Å². The number of hydrogen-bond donors (Lipinski definition) is 1. The molecule has 1 atom stereocenters. The van der Waals surface area contributed by atoms with Crippen LogP contribution in [0.4, 0.5) is 0 Å². The van der Waals surface area contributed by atoms with Crippen LogP contribution in [0.1, 0.15) is 39.2 Å². The first-order chi connectivity index (χ1) is 9.33. The molecule has 0 saturated carbocycles. The largest absolute Gasteiger partial charge is 0.326 e. The minimum absolute atomic E-state index is 0.432. The Kier molecular flexibility index (Phi) is 5.61. The van der Waals surface area contributed by atoms with Crippen molar-refractivity contribution in [1.29, 1.82) is 0 Å². The van der Waals surface area contributed by atoms with Gasteiger partial charge in [0, 0.05) is 25.0 Å². The molecule has 0 bridgehead atoms. The van der Waals surface area contributed by atoms with Crippen LogP contribution in [0.25, 0.3) is 10.7 Å². The molecule has 0 amide bonds. The first-order valence-corrected chi connectivity index (χ1v) is 7.98. The van der Waals surface area contributed by atoms with Crippen LogP contribution in [0, 0.1) is 0 Å². The Balaban J connectivity index is 1.89. The quantitative estimate of drug-likeness (QED) is 0.740. The smallest absolute Gasteiger partial charge is 0.150 e. The van der Waals surface area contributed by atoms with Crippen molar-refractivity contribution >= 4 is 11.3 Å². The van der Waals surface area contributed by atoms with E-state index in [9.17, 15) is 0 Å². The lowest BCUT2D eigenvalue weighted by Gasteiger charge is -2.16. The van der Waals surface area contributed by atoms with Gasteiger partial charge in [-0.3, -0.25) is 0 Å². The summed E-state index contributed by atoms with van der Waals surface area (Å²) in [6.45, 7) is 6.59. The molecule has 0 spiro atoms. The fourth-order valence-electron chi connectivity index (χ4n) is 2.17. The maximum atomic E-state index is 4.48. The third-order valence-electron chi connectivity index (χ3n) is 3.28. The fourth-order valence-corrected chi connectivity index (χ4v) is 2.90. The van der Waals surface area contributed by atoms with E-state index < -0.39 is 0 Å². The zero-order valence-corrected chi connectivity index (χ0v) is 12.6. The van der Waals surface area contributed by atoms with Crippen molar-refractivity contribution in [3.05, 3.63) is 29.9 Å². The minimum Gasteiger partial charge on any atom is -0.326 e. The van der Waals surface area contributed by atoms with Crippen molar-refractivity contribution in [1.82, 2.24) is 14.9 Å². The molecule has 104 valence electrons. The molecule has 0 saturated heterocycles. The Morgan fingerprint density at radius 3 is 3.05 bits per heavy atom. The average molecular weight is 277 g/mol. The van der Waals surface area contributed by atoms with Gasteiger partial charge in [0.25, 0.3) is 0 Å². The summed E-state index contributed by atoms with van der Waals surface area (Å²) >= 11 is 1.74. The van der Waals surface area contributed by atoms with E-state index in [1.54, 1.807) is 11.3 Å². The molecule has 2 aromatic rings. The molecule has 0 fully saturated rings. The van der Waals surface area contributed by atoms with Crippen LogP contribution in [-0.4, -0.2) is 22.6 Å². The maximum absolute atomic E-state index is 4.48. The van der Waals surface area contributed by atoms with Crippen LogP contribution >= 0.6 is 11.3 Å².